The van der Waals surface area contributed by atoms with Crippen LogP contribution in [0.2, 0.25) is 0 Å². The van der Waals surface area contributed by atoms with Gasteiger partial charge in [0.05, 0.1) is 18.6 Å². The average molecular weight is 314 g/mol. The molecule has 1 atom stereocenters. The normalized spacial score (nSPS) is 19.4. The van der Waals surface area contributed by atoms with E-state index in [9.17, 15) is 8.42 Å². The van der Waals surface area contributed by atoms with Gasteiger partial charge in [-0.05, 0) is 37.0 Å². The van der Waals surface area contributed by atoms with Gasteiger partial charge < -0.3 is 15.2 Å². The van der Waals surface area contributed by atoms with E-state index in [1.165, 1.54) is 13.2 Å². The maximum absolute atomic E-state index is 12.3. The smallest absolute Gasteiger partial charge is 0.240 e. The van der Waals surface area contributed by atoms with E-state index in [1.807, 2.05) is 0 Å². The first kappa shape index (κ1) is 16.2. The van der Waals surface area contributed by atoms with Crippen molar-refractivity contribution < 1.29 is 17.9 Å². The molecule has 1 fully saturated rings. The summed E-state index contributed by atoms with van der Waals surface area (Å²) in [6.07, 6.45) is 1.96. The topological polar surface area (TPSA) is 90.7 Å². The summed E-state index contributed by atoms with van der Waals surface area (Å²) >= 11 is 0. The zero-order valence-electron chi connectivity index (χ0n) is 12.2. The molecule has 0 aliphatic carbocycles. The lowest BCUT2D eigenvalue weighted by Gasteiger charge is -2.22. The summed E-state index contributed by atoms with van der Waals surface area (Å²) in [5.41, 5.74) is 6.29. The monoisotopic (exact) mass is 314 g/mol. The van der Waals surface area contributed by atoms with Crippen LogP contribution in [0.15, 0.2) is 23.1 Å². The molecule has 2 rings (SSSR count). The summed E-state index contributed by atoms with van der Waals surface area (Å²) in [6.45, 7) is 2.00. The van der Waals surface area contributed by atoms with E-state index in [0.29, 0.717) is 24.5 Å². The molecule has 1 aromatic carbocycles. The van der Waals surface area contributed by atoms with E-state index in [-0.39, 0.29) is 17.4 Å². The number of nitrogens with one attached hydrogen (secondary N) is 1. The van der Waals surface area contributed by atoms with Crippen molar-refractivity contribution in [3.05, 3.63) is 23.8 Å². The van der Waals surface area contributed by atoms with Crippen molar-refractivity contribution >= 4 is 10.0 Å². The van der Waals surface area contributed by atoms with Gasteiger partial charge in [0.2, 0.25) is 10.0 Å². The highest BCUT2D eigenvalue weighted by atomic mass is 32.2. The Kier molecular flexibility index (Phi) is 5.58. The summed E-state index contributed by atoms with van der Waals surface area (Å²) in [6, 6.07) is 4.71. The molecule has 1 aromatic rings. The van der Waals surface area contributed by atoms with Crippen molar-refractivity contribution in [2.75, 3.05) is 26.9 Å². The first-order valence-corrected chi connectivity index (χ1v) is 8.49. The van der Waals surface area contributed by atoms with Gasteiger partial charge in [0.15, 0.2) is 0 Å². The van der Waals surface area contributed by atoms with Crippen LogP contribution in [-0.2, 0) is 21.3 Å². The average Bonchev–Trinajstić information content (AvgIpc) is 2.53. The maximum atomic E-state index is 12.3. The summed E-state index contributed by atoms with van der Waals surface area (Å²) < 4.78 is 37.8. The summed E-state index contributed by atoms with van der Waals surface area (Å²) in [5, 5.41) is 0. The molecular formula is C14H22N2O4S. The lowest BCUT2D eigenvalue weighted by molar-refractivity contribution is 0.0568. The van der Waals surface area contributed by atoms with Gasteiger partial charge in [-0.1, -0.05) is 0 Å². The standard InChI is InChI=1S/C14H22N2O4S/c1-19-14-5-4-13(7-12(14)8-15)21(17,18)16-9-11-3-2-6-20-10-11/h4-5,7,11,16H,2-3,6,8-10,15H2,1H3. The van der Waals surface area contributed by atoms with Crippen LogP contribution in [-0.4, -0.2) is 35.3 Å². The Morgan fingerprint density at radius 3 is 2.90 bits per heavy atom. The van der Waals surface area contributed by atoms with Gasteiger partial charge >= 0.3 is 0 Å². The van der Waals surface area contributed by atoms with Crippen LogP contribution in [0.3, 0.4) is 0 Å². The predicted octanol–water partition coefficient (Wildman–Crippen LogP) is 0.859. The molecule has 0 bridgehead atoms. The Morgan fingerprint density at radius 1 is 1.48 bits per heavy atom. The third kappa shape index (κ3) is 4.16. The van der Waals surface area contributed by atoms with E-state index in [2.05, 4.69) is 4.72 Å². The summed E-state index contributed by atoms with van der Waals surface area (Å²) in [7, 11) is -2.00. The van der Waals surface area contributed by atoms with Gasteiger partial charge in [-0.15, -0.1) is 0 Å². The molecule has 0 spiro atoms. The maximum Gasteiger partial charge on any atom is 0.240 e. The Morgan fingerprint density at radius 2 is 2.29 bits per heavy atom. The fourth-order valence-electron chi connectivity index (χ4n) is 2.36. The van der Waals surface area contributed by atoms with E-state index in [0.717, 1.165) is 19.4 Å². The van der Waals surface area contributed by atoms with Crippen LogP contribution >= 0.6 is 0 Å². The van der Waals surface area contributed by atoms with Gasteiger partial charge in [0.1, 0.15) is 5.75 Å². The summed E-state index contributed by atoms with van der Waals surface area (Å²) in [5.74, 6) is 0.831. The molecule has 1 aliphatic heterocycles. The molecule has 1 saturated heterocycles. The summed E-state index contributed by atoms with van der Waals surface area (Å²) in [4.78, 5) is 0.209. The highest BCUT2D eigenvalue weighted by Crippen LogP contribution is 2.22. The number of benzene rings is 1. The van der Waals surface area contributed by atoms with E-state index >= 15 is 0 Å². The Labute approximate surface area is 125 Å². The number of sulfonamides is 1. The Balaban J connectivity index is 2.07. The number of hydrogen-bond acceptors (Lipinski definition) is 5. The Bertz CT molecular complexity index is 568. The zero-order chi connectivity index (χ0) is 15.3. The fourth-order valence-corrected chi connectivity index (χ4v) is 3.53. The van der Waals surface area contributed by atoms with E-state index in [1.54, 1.807) is 12.1 Å². The first-order valence-electron chi connectivity index (χ1n) is 7.01. The van der Waals surface area contributed by atoms with Gasteiger partial charge in [0, 0.05) is 25.3 Å². The molecule has 0 amide bonds. The molecule has 0 aromatic heterocycles. The predicted molar refractivity (Wildman–Crippen MR) is 79.6 cm³/mol. The molecule has 0 radical (unpaired) electrons. The van der Waals surface area contributed by atoms with E-state index < -0.39 is 10.0 Å². The third-order valence-electron chi connectivity index (χ3n) is 3.60. The molecule has 1 unspecified atom stereocenters. The van der Waals surface area contributed by atoms with Crippen molar-refractivity contribution in [2.24, 2.45) is 11.7 Å². The van der Waals surface area contributed by atoms with Gasteiger partial charge in [-0.25, -0.2) is 13.1 Å². The van der Waals surface area contributed by atoms with Crippen LogP contribution in [0.25, 0.3) is 0 Å². The number of ether oxygens (including phenoxy) is 2. The second kappa shape index (κ2) is 7.22. The highest BCUT2D eigenvalue weighted by molar-refractivity contribution is 7.89. The second-order valence-electron chi connectivity index (χ2n) is 5.11. The van der Waals surface area contributed by atoms with E-state index in [4.69, 9.17) is 15.2 Å². The number of hydrogen-bond donors (Lipinski definition) is 2. The largest absolute Gasteiger partial charge is 0.496 e. The Hall–Kier alpha value is -1.15. The lowest BCUT2D eigenvalue weighted by atomic mass is 10.0. The number of rotatable bonds is 6. The van der Waals surface area contributed by atoms with Crippen molar-refractivity contribution in [1.29, 1.82) is 0 Å². The molecule has 6 nitrogen and oxygen atoms in total. The van der Waals surface area contributed by atoms with Gasteiger partial charge in [-0.3, -0.25) is 0 Å². The number of nitrogens with two attached hydrogens (primary N) is 1. The third-order valence-corrected chi connectivity index (χ3v) is 5.02. The van der Waals surface area contributed by atoms with Gasteiger partial charge in [0.25, 0.3) is 0 Å². The minimum Gasteiger partial charge on any atom is -0.496 e. The zero-order valence-corrected chi connectivity index (χ0v) is 13.0. The highest BCUT2D eigenvalue weighted by Gasteiger charge is 2.20. The fraction of sp³-hybridized carbons (Fsp3) is 0.571. The molecule has 7 heteroatoms. The lowest BCUT2D eigenvalue weighted by Crippen LogP contribution is -2.33. The van der Waals surface area contributed by atoms with Crippen LogP contribution in [0.5, 0.6) is 5.75 Å². The quantitative estimate of drug-likeness (QED) is 0.812. The molecule has 118 valence electrons. The first-order chi connectivity index (χ1) is 10.1. The minimum atomic E-state index is -3.53. The van der Waals surface area contributed by atoms with Crippen molar-refractivity contribution in [2.45, 2.75) is 24.3 Å². The van der Waals surface area contributed by atoms with Crippen molar-refractivity contribution in [1.82, 2.24) is 4.72 Å². The molecule has 0 saturated carbocycles. The van der Waals surface area contributed by atoms with Crippen LogP contribution in [0.4, 0.5) is 0 Å². The van der Waals surface area contributed by atoms with Crippen LogP contribution in [0, 0.1) is 5.92 Å². The van der Waals surface area contributed by atoms with Gasteiger partial charge in [-0.2, -0.15) is 0 Å². The van der Waals surface area contributed by atoms with Crippen LogP contribution < -0.4 is 15.2 Å². The molecule has 1 aliphatic rings. The molecule has 21 heavy (non-hydrogen) atoms. The van der Waals surface area contributed by atoms with Crippen LogP contribution in [0.1, 0.15) is 18.4 Å². The van der Waals surface area contributed by atoms with Crippen molar-refractivity contribution in [3.8, 4) is 5.75 Å². The molecular weight excluding hydrogens is 292 g/mol. The molecule has 1 heterocycles. The number of methoxy groups -OCH3 is 1. The second-order valence-corrected chi connectivity index (χ2v) is 6.88. The minimum absolute atomic E-state index is 0.209. The van der Waals surface area contributed by atoms with Crippen molar-refractivity contribution in [3.63, 3.8) is 0 Å². The SMILES string of the molecule is COc1ccc(S(=O)(=O)NCC2CCCOC2)cc1CN. The molecule has 3 N–H and O–H groups in total.